The Balaban J connectivity index is 1.75. The number of hydrogen-bond donors (Lipinski definition) is 0. The summed E-state index contributed by atoms with van der Waals surface area (Å²) in [5.41, 5.74) is 1.30. The summed E-state index contributed by atoms with van der Waals surface area (Å²) in [6.45, 7) is 3.61. The Kier molecular flexibility index (Phi) is 5.26. The Morgan fingerprint density at radius 2 is 2.00 bits per heavy atom. The van der Waals surface area contributed by atoms with Crippen LogP contribution in [0.25, 0.3) is 11.0 Å². The predicted octanol–water partition coefficient (Wildman–Crippen LogP) is 5.14. The van der Waals surface area contributed by atoms with Crippen molar-refractivity contribution < 1.29 is 18.7 Å². The number of benzene rings is 2. The summed E-state index contributed by atoms with van der Waals surface area (Å²) in [4.78, 5) is 45.6. The summed E-state index contributed by atoms with van der Waals surface area (Å²) in [5.74, 6) is -1.07. The monoisotopic (exact) mass is 480 g/mol. The van der Waals surface area contributed by atoms with E-state index < -0.39 is 17.9 Å². The minimum atomic E-state index is -0.812. The minimum absolute atomic E-state index is 0.0470. The lowest BCUT2D eigenvalue weighted by Gasteiger charge is -2.22. The zero-order valence-electron chi connectivity index (χ0n) is 17.6. The molecule has 166 valence electrons. The molecular weight excluding hydrogens is 464 g/mol. The van der Waals surface area contributed by atoms with Crippen LogP contribution in [-0.2, 0) is 4.74 Å². The molecule has 33 heavy (non-hydrogen) atoms. The average Bonchev–Trinajstić information content (AvgIpc) is 3.32. The van der Waals surface area contributed by atoms with Gasteiger partial charge in [-0.25, -0.2) is 9.78 Å². The van der Waals surface area contributed by atoms with Crippen LogP contribution in [0.1, 0.15) is 50.0 Å². The van der Waals surface area contributed by atoms with Crippen LogP contribution in [0.3, 0.4) is 0 Å². The Labute approximate surface area is 197 Å². The van der Waals surface area contributed by atoms with Gasteiger partial charge in [0.25, 0.3) is 5.91 Å². The van der Waals surface area contributed by atoms with Crippen LogP contribution >= 0.6 is 22.9 Å². The number of aromatic nitrogens is 1. The zero-order valence-corrected chi connectivity index (χ0v) is 19.2. The Bertz CT molecular complexity index is 1490. The molecule has 0 N–H and O–H groups in total. The zero-order chi connectivity index (χ0) is 23.3. The first kappa shape index (κ1) is 21.4. The Hall–Kier alpha value is -3.49. The summed E-state index contributed by atoms with van der Waals surface area (Å²) < 4.78 is 11.0. The van der Waals surface area contributed by atoms with Crippen molar-refractivity contribution in [3.8, 4) is 0 Å². The smallest absolute Gasteiger partial charge is 0.350 e. The molecule has 5 rings (SSSR count). The Morgan fingerprint density at radius 1 is 1.21 bits per heavy atom. The van der Waals surface area contributed by atoms with E-state index in [1.54, 1.807) is 62.4 Å². The average molecular weight is 481 g/mol. The first-order valence-electron chi connectivity index (χ1n) is 10.2. The molecule has 2 aromatic carbocycles. The summed E-state index contributed by atoms with van der Waals surface area (Å²) in [7, 11) is 0. The maximum Gasteiger partial charge on any atom is 0.350 e. The van der Waals surface area contributed by atoms with Gasteiger partial charge in [0, 0.05) is 5.02 Å². The van der Waals surface area contributed by atoms with Gasteiger partial charge in [-0.1, -0.05) is 47.2 Å². The van der Waals surface area contributed by atoms with Crippen molar-refractivity contribution in [2.24, 2.45) is 0 Å². The van der Waals surface area contributed by atoms with E-state index in [0.717, 1.165) is 11.3 Å². The van der Waals surface area contributed by atoms with Gasteiger partial charge < -0.3 is 9.15 Å². The lowest BCUT2D eigenvalue weighted by atomic mass is 9.99. The van der Waals surface area contributed by atoms with Crippen LogP contribution in [0.4, 0.5) is 5.13 Å². The summed E-state index contributed by atoms with van der Waals surface area (Å²) in [6.07, 6.45) is 0. The minimum Gasteiger partial charge on any atom is -0.462 e. The van der Waals surface area contributed by atoms with Crippen molar-refractivity contribution in [2.75, 3.05) is 11.5 Å². The normalized spacial score (nSPS) is 15.2. The molecule has 0 saturated heterocycles. The molecule has 3 heterocycles. The van der Waals surface area contributed by atoms with E-state index >= 15 is 0 Å². The fourth-order valence-electron chi connectivity index (χ4n) is 3.98. The number of amides is 1. The number of halogens is 1. The van der Waals surface area contributed by atoms with Crippen molar-refractivity contribution in [3.63, 3.8) is 0 Å². The number of carbonyl (C=O) groups excluding carboxylic acids is 2. The molecule has 1 atom stereocenters. The van der Waals surface area contributed by atoms with Gasteiger partial charge in [-0.2, -0.15) is 0 Å². The number of esters is 1. The second-order valence-corrected chi connectivity index (χ2v) is 8.85. The van der Waals surface area contributed by atoms with E-state index in [9.17, 15) is 14.4 Å². The molecule has 0 unspecified atom stereocenters. The number of thiazole rings is 1. The van der Waals surface area contributed by atoms with Gasteiger partial charge in [-0.15, -0.1) is 0 Å². The maximum absolute atomic E-state index is 13.6. The predicted molar refractivity (Wildman–Crippen MR) is 125 cm³/mol. The van der Waals surface area contributed by atoms with Crippen molar-refractivity contribution in [3.05, 3.63) is 91.2 Å². The van der Waals surface area contributed by atoms with Gasteiger partial charge in [0.05, 0.1) is 29.3 Å². The third kappa shape index (κ3) is 3.42. The summed E-state index contributed by atoms with van der Waals surface area (Å²) >= 11 is 7.28. The molecule has 0 radical (unpaired) electrons. The third-order valence-electron chi connectivity index (χ3n) is 5.39. The molecule has 0 saturated carbocycles. The highest BCUT2D eigenvalue weighted by Crippen LogP contribution is 2.43. The standard InChI is InChI=1S/C24H17ClN2O5S/c1-3-31-23(30)21-12(2)26-24(33-21)27-18(13-7-6-8-14(25)11-13)17-19(28)15-9-4-5-10-16(15)32-20(17)22(27)29/h4-11,18H,3H2,1-2H3/t18-/m1/s1. The molecule has 1 aliphatic heterocycles. The highest BCUT2D eigenvalue weighted by Gasteiger charge is 2.45. The van der Waals surface area contributed by atoms with Crippen molar-refractivity contribution in [2.45, 2.75) is 19.9 Å². The molecule has 4 aromatic rings. The molecule has 0 fully saturated rings. The van der Waals surface area contributed by atoms with Crippen LogP contribution in [0.2, 0.25) is 5.02 Å². The van der Waals surface area contributed by atoms with Crippen molar-refractivity contribution in [1.82, 2.24) is 4.98 Å². The van der Waals surface area contributed by atoms with Gasteiger partial charge in [0.15, 0.2) is 10.6 Å². The summed E-state index contributed by atoms with van der Waals surface area (Å²) in [5, 5.41) is 1.10. The van der Waals surface area contributed by atoms with Crippen LogP contribution in [0, 0.1) is 6.92 Å². The van der Waals surface area contributed by atoms with E-state index in [1.165, 1.54) is 4.90 Å². The topological polar surface area (TPSA) is 89.7 Å². The molecule has 9 heteroatoms. The van der Waals surface area contributed by atoms with Crippen LogP contribution < -0.4 is 10.3 Å². The van der Waals surface area contributed by atoms with Crippen molar-refractivity contribution in [1.29, 1.82) is 0 Å². The molecule has 0 aliphatic carbocycles. The lowest BCUT2D eigenvalue weighted by molar-refractivity contribution is 0.0531. The quantitative estimate of drug-likeness (QED) is 0.376. The van der Waals surface area contributed by atoms with Crippen LogP contribution in [0.5, 0.6) is 0 Å². The van der Waals surface area contributed by atoms with Crippen LogP contribution in [-0.4, -0.2) is 23.5 Å². The fourth-order valence-corrected chi connectivity index (χ4v) is 5.17. The van der Waals surface area contributed by atoms with Gasteiger partial charge in [-0.3, -0.25) is 14.5 Å². The molecule has 1 amide bonds. The number of anilines is 1. The number of para-hydroxylation sites is 1. The second kappa shape index (κ2) is 8.13. The summed E-state index contributed by atoms with van der Waals surface area (Å²) in [6, 6.07) is 12.9. The molecule has 0 bridgehead atoms. The van der Waals surface area contributed by atoms with Crippen LogP contribution in [0.15, 0.2) is 57.7 Å². The van der Waals surface area contributed by atoms with E-state index in [0.29, 0.717) is 32.1 Å². The highest BCUT2D eigenvalue weighted by molar-refractivity contribution is 7.17. The first-order valence-corrected chi connectivity index (χ1v) is 11.4. The highest BCUT2D eigenvalue weighted by atomic mass is 35.5. The number of nitrogens with zero attached hydrogens (tertiary/aromatic N) is 2. The first-order chi connectivity index (χ1) is 15.9. The van der Waals surface area contributed by atoms with Crippen molar-refractivity contribution >= 4 is 50.9 Å². The fraction of sp³-hybridized carbons (Fsp3) is 0.167. The van der Waals surface area contributed by atoms with E-state index in [-0.39, 0.29) is 28.5 Å². The van der Waals surface area contributed by atoms with E-state index in [2.05, 4.69) is 4.98 Å². The number of carbonyl (C=O) groups is 2. The van der Waals surface area contributed by atoms with Gasteiger partial charge >= 0.3 is 5.97 Å². The number of fused-ring (bicyclic) bond motifs is 2. The number of rotatable bonds is 4. The second-order valence-electron chi connectivity index (χ2n) is 7.43. The van der Waals surface area contributed by atoms with Gasteiger partial charge in [0.2, 0.25) is 5.76 Å². The molecule has 2 aromatic heterocycles. The van der Waals surface area contributed by atoms with Gasteiger partial charge in [0.1, 0.15) is 10.5 Å². The lowest BCUT2D eigenvalue weighted by Crippen LogP contribution is -2.29. The molecule has 7 nitrogen and oxygen atoms in total. The maximum atomic E-state index is 13.6. The van der Waals surface area contributed by atoms with Gasteiger partial charge in [-0.05, 0) is 43.7 Å². The third-order valence-corrected chi connectivity index (χ3v) is 6.77. The SMILES string of the molecule is CCOC(=O)c1sc(N2C(=O)c3oc4ccccc4c(=O)c3[C@H]2c2cccc(Cl)c2)nc1C. The Morgan fingerprint density at radius 3 is 2.76 bits per heavy atom. The molecule has 1 aliphatic rings. The largest absolute Gasteiger partial charge is 0.462 e. The molecular formula is C24H17ClN2O5S. The number of aryl methyl sites for hydroxylation is 1. The number of ether oxygens (including phenoxy) is 1. The molecule has 0 spiro atoms. The number of hydrogen-bond acceptors (Lipinski definition) is 7. The van der Waals surface area contributed by atoms with E-state index in [1.807, 2.05) is 0 Å². The van der Waals surface area contributed by atoms with E-state index in [4.69, 9.17) is 20.8 Å².